The lowest BCUT2D eigenvalue weighted by atomic mass is 9.67. The number of amides is 1. The third-order valence-electron chi connectivity index (χ3n) is 4.06. The van der Waals surface area contributed by atoms with E-state index in [4.69, 9.17) is 15.7 Å². The van der Waals surface area contributed by atoms with Crippen LogP contribution in [0.15, 0.2) is 5.16 Å². The fraction of sp³-hybridized carbons (Fsp3) is 0.833. The van der Waals surface area contributed by atoms with Gasteiger partial charge in [0.2, 0.25) is 5.91 Å². The van der Waals surface area contributed by atoms with Crippen molar-refractivity contribution in [2.75, 3.05) is 20.2 Å². The van der Waals surface area contributed by atoms with Crippen LogP contribution in [0.2, 0.25) is 0 Å². The molecule has 2 aliphatic rings. The quantitative estimate of drug-likeness (QED) is 0.332. The number of nitrogens with two attached hydrogens (primary N) is 1. The summed E-state index contributed by atoms with van der Waals surface area (Å²) < 4.78 is 5.52. The molecular formula is C12H21N3O3. The average molecular weight is 255 g/mol. The van der Waals surface area contributed by atoms with E-state index in [1.807, 2.05) is 0 Å². The van der Waals surface area contributed by atoms with Crippen LogP contribution < -0.4 is 5.73 Å². The van der Waals surface area contributed by atoms with Crippen molar-refractivity contribution in [1.29, 1.82) is 0 Å². The molecule has 1 aliphatic heterocycles. The van der Waals surface area contributed by atoms with Crippen LogP contribution in [-0.2, 0) is 9.53 Å². The molecule has 1 amide bonds. The highest BCUT2D eigenvalue weighted by Gasteiger charge is 2.49. The molecule has 0 aromatic rings. The largest absolute Gasteiger partial charge is 0.409 e. The van der Waals surface area contributed by atoms with E-state index in [-0.39, 0.29) is 17.8 Å². The molecule has 3 N–H and O–H groups in total. The summed E-state index contributed by atoms with van der Waals surface area (Å²) in [4.78, 5) is 14.1. The Morgan fingerprint density at radius 3 is 2.72 bits per heavy atom. The number of carbonyl (C=O) groups is 1. The summed E-state index contributed by atoms with van der Waals surface area (Å²) in [6.45, 7) is 1.36. The van der Waals surface area contributed by atoms with Gasteiger partial charge in [0.05, 0.1) is 6.10 Å². The van der Waals surface area contributed by atoms with E-state index < -0.39 is 5.41 Å². The molecule has 0 bridgehead atoms. The van der Waals surface area contributed by atoms with E-state index in [1.165, 1.54) is 0 Å². The normalized spacial score (nSPS) is 26.7. The highest BCUT2D eigenvalue weighted by molar-refractivity contribution is 6.07. The molecule has 102 valence electrons. The van der Waals surface area contributed by atoms with Crippen molar-refractivity contribution >= 4 is 11.7 Å². The Bertz CT molecular complexity index is 346. The fourth-order valence-electron chi connectivity index (χ4n) is 2.75. The maximum atomic E-state index is 12.4. The van der Waals surface area contributed by atoms with E-state index in [9.17, 15) is 4.79 Å². The molecule has 0 spiro atoms. The molecule has 0 aromatic carbocycles. The molecule has 2 rings (SSSR count). The fourth-order valence-corrected chi connectivity index (χ4v) is 2.75. The molecule has 0 radical (unpaired) electrons. The summed E-state index contributed by atoms with van der Waals surface area (Å²) in [7, 11) is 1.76. The van der Waals surface area contributed by atoms with Crippen molar-refractivity contribution in [3.8, 4) is 0 Å². The maximum Gasteiger partial charge on any atom is 0.236 e. The van der Waals surface area contributed by atoms with Gasteiger partial charge in [-0.15, -0.1) is 0 Å². The second-order valence-corrected chi connectivity index (χ2v) is 5.24. The van der Waals surface area contributed by atoms with E-state index in [0.717, 1.165) is 25.9 Å². The molecule has 1 aliphatic carbocycles. The number of rotatable bonds is 4. The number of nitrogens with zero attached hydrogens (tertiary/aromatic N) is 2. The number of oxime groups is 1. The number of amidine groups is 1. The highest BCUT2D eigenvalue weighted by Crippen LogP contribution is 2.42. The SMILES string of the molecule is CN(CC1CCCO1)C(=O)C1(C(N)=NO)CCC1. The highest BCUT2D eigenvalue weighted by atomic mass is 16.5. The van der Waals surface area contributed by atoms with Crippen LogP contribution in [-0.4, -0.2) is 48.2 Å². The van der Waals surface area contributed by atoms with Gasteiger partial charge in [-0.1, -0.05) is 11.6 Å². The van der Waals surface area contributed by atoms with Gasteiger partial charge >= 0.3 is 0 Å². The lowest BCUT2D eigenvalue weighted by Gasteiger charge is -2.41. The lowest BCUT2D eigenvalue weighted by Crippen LogP contribution is -2.55. The second-order valence-electron chi connectivity index (χ2n) is 5.24. The standard InChI is InChI=1S/C12H21N3O3/c1-15(8-9-4-2-7-18-9)11(16)12(5-3-6-12)10(13)14-17/h9,17H,2-8H2,1H3,(H2,13,14). The first-order chi connectivity index (χ1) is 8.60. The molecule has 1 saturated heterocycles. The zero-order valence-corrected chi connectivity index (χ0v) is 10.8. The van der Waals surface area contributed by atoms with Crippen molar-refractivity contribution < 1.29 is 14.7 Å². The minimum Gasteiger partial charge on any atom is -0.409 e. The van der Waals surface area contributed by atoms with Gasteiger partial charge in [0.25, 0.3) is 0 Å². The minimum absolute atomic E-state index is 0.0398. The van der Waals surface area contributed by atoms with Gasteiger partial charge in [0, 0.05) is 20.2 Å². The van der Waals surface area contributed by atoms with Crippen LogP contribution >= 0.6 is 0 Å². The van der Waals surface area contributed by atoms with Crippen LogP contribution in [0, 0.1) is 5.41 Å². The van der Waals surface area contributed by atoms with Gasteiger partial charge < -0.3 is 20.6 Å². The van der Waals surface area contributed by atoms with Crippen molar-refractivity contribution in [3.05, 3.63) is 0 Å². The summed E-state index contributed by atoms with van der Waals surface area (Å²) in [6, 6.07) is 0. The molecule has 1 unspecified atom stereocenters. The summed E-state index contributed by atoms with van der Waals surface area (Å²) >= 11 is 0. The minimum atomic E-state index is -0.776. The molecule has 1 saturated carbocycles. The van der Waals surface area contributed by atoms with Crippen molar-refractivity contribution in [2.24, 2.45) is 16.3 Å². The molecule has 6 heteroatoms. The topological polar surface area (TPSA) is 88.2 Å². The monoisotopic (exact) mass is 255 g/mol. The number of hydrogen-bond acceptors (Lipinski definition) is 4. The van der Waals surface area contributed by atoms with E-state index in [0.29, 0.717) is 19.4 Å². The van der Waals surface area contributed by atoms with Crippen molar-refractivity contribution in [3.63, 3.8) is 0 Å². The van der Waals surface area contributed by atoms with Gasteiger partial charge in [0.1, 0.15) is 5.41 Å². The Hall–Kier alpha value is -1.30. The van der Waals surface area contributed by atoms with Gasteiger partial charge in [-0.3, -0.25) is 4.79 Å². The molecule has 6 nitrogen and oxygen atoms in total. The number of likely N-dealkylation sites (N-methyl/N-ethyl adjacent to an activating group) is 1. The summed E-state index contributed by atoms with van der Waals surface area (Å²) in [5.41, 5.74) is 4.91. The van der Waals surface area contributed by atoms with Crippen LogP contribution in [0.3, 0.4) is 0 Å². The Kier molecular flexibility index (Phi) is 3.75. The summed E-state index contributed by atoms with van der Waals surface area (Å²) in [5, 5.41) is 11.9. The first-order valence-electron chi connectivity index (χ1n) is 6.45. The van der Waals surface area contributed by atoms with E-state index >= 15 is 0 Å². The van der Waals surface area contributed by atoms with Gasteiger partial charge in [0.15, 0.2) is 5.84 Å². The number of carbonyl (C=O) groups excluding carboxylic acids is 1. The summed E-state index contributed by atoms with van der Waals surface area (Å²) in [6.07, 6.45) is 4.44. The van der Waals surface area contributed by atoms with E-state index in [2.05, 4.69) is 5.16 Å². The summed E-state index contributed by atoms with van der Waals surface area (Å²) in [5.74, 6) is -0.0162. The molecule has 1 atom stereocenters. The molecular weight excluding hydrogens is 234 g/mol. The molecule has 2 fully saturated rings. The third kappa shape index (κ3) is 2.16. The van der Waals surface area contributed by atoms with Crippen molar-refractivity contribution in [1.82, 2.24) is 4.90 Å². The smallest absolute Gasteiger partial charge is 0.236 e. The Morgan fingerprint density at radius 2 is 2.28 bits per heavy atom. The zero-order chi connectivity index (χ0) is 13.2. The predicted molar refractivity (Wildman–Crippen MR) is 66.3 cm³/mol. The molecule has 1 heterocycles. The average Bonchev–Trinajstić information content (AvgIpc) is 2.79. The Morgan fingerprint density at radius 1 is 1.56 bits per heavy atom. The van der Waals surface area contributed by atoms with Crippen LogP contribution in [0.25, 0.3) is 0 Å². The number of ether oxygens (including phenoxy) is 1. The predicted octanol–water partition coefficient (Wildman–Crippen LogP) is 0.540. The van der Waals surface area contributed by atoms with Gasteiger partial charge in [-0.25, -0.2) is 0 Å². The van der Waals surface area contributed by atoms with Crippen LogP contribution in [0.4, 0.5) is 0 Å². The zero-order valence-electron chi connectivity index (χ0n) is 10.8. The Labute approximate surface area is 107 Å². The molecule has 0 aromatic heterocycles. The first-order valence-corrected chi connectivity index (χ1v) is 6.45. The maximum absolute atomic E-state index is 12.4. The van der Waals surface area contributed by atoms with Gasteiger partial charge in [-0.2, -0.15) is 0 Å². The third-order valence-corrected chi connectivity index (χ3v) is 4.06. The van der Waals surface area contributed by atoms with Crippen LogP contribution in [0.5, 0.6) is 0 Å². The van der Waals surface area contributed by atoms with Crippen LogP contribution in [0.1, 0.15) is 32.1 Å². The second kappa shape index (κ2) is 5.14. The lowest BCUT2D eigenvalue weighted by molar-refractivity contribution is -0.142. The van der Waals surface area contributed by atoms with E-state index in [1.54, 1.807) is 11.9 Å². The van der Waals surface area contributed by atoms with Crippen molar-refractivity contribution in [2.45, 2.75) is 38.2 Å². The van der Waals surface area contributed by atoms with Gasteiger partial charge in [-0.05, 0) is 25.7 Å². The first kappa shape index (κ1) is 13.1. The number of hydrogen-bond donors (Lipinski definition) is 2. The molecule has 18 heavy (non-hydrogen) atoms. The Balaban J connectivity index is 2.00.